The molecule has 6 heteroatoms. The Morgan fingerprint density at radius 2 is 2.25 bits per heavy atom. The first-order chi connectivity index (χ1) is 9.37. The van der Waals surface area contributed by atoms with Crippen LogP contribution in [0.2, 0.25) is 0 Å². The van der Waals surface area contributed by atoms with Crippen LogP contribution >= 0.6 is 0 Å². The van der Waals surface area contributed by atoms with Crippen LogP contribution in [0.25, 0.3) is 0 Å². The van der Waals surface area contributed by atoms with E-state index in [-0.39, 0.29) is 12.2 Å². The molecule has 6 nitrogen and oxygen atoms in total. The zero-order valence-corrected chi connectivity index (χ0v) is 11.4. The quantitative estimate of drug-likeness (QED) is 0.827. The Hall–Kier alpha value is -1.79. The minimum atomic E-state index is -0.934. The van der Waals surface area contributed by atoms with E-state index in [0.717, 1.165) is 0 Å². The molecule has 0 aromatic rings. The summed E-state index contributed by atoms with van der Waals surface area (Å²) in [4.78, 5) is 12.8. The van der Waals surface area contributed by atoms with E-state index in [0.29, 0.717) is 17.8 Å². The van der Waals surface area contributed by atoms with Crippen LogP contribution in [-0.4, -0.2) is 40.2 Å². The lowest BCUT2D eigenvalue weighted by atomic mass is 10.1. The molecule has 0 spiro atoms. The van der Waals surface area contributed by atoms with Crippen LogP contribution in [0.3, 0.4) is 0 Å². The second-order valence-electron chi connectivity index (χ2n) is 5.49. The fourth-order valence-corrected chi connectivity index (χ4v) is 2.64. The van der Waals surface area contributed by atoms with Gasteiger partial charge in [-0.05, 0) is 13.8 Å². The second kappa shape index (κ2) is 4.36. The zero-order valence-electron chi connectivity index (χ0n) is 11.4. The third-order valence-corrected chi connectivity index (χ3v) is 3.49. The zero-order chi connectivity index (χ0) is 14.5. The molecule has 108 valence electrons. The summed E-state index contributed by atoms with van der Waals surface area (Å²) in [6.45, 7) is 7.51. The molecule has 0 unspecified atom stereocenters. The largest absolute Gasteiger partial charge is 0.478 e. The normalized spacial score (nSPS) is 34.7. The minimum absolute atomic E-state index is 0.309. The maximum Gasteiger partial charge on any atom is 0.333 e. The van der Waals surface area contributed by atoms with Gasteiger partial charge >= 0.3 is 5.97 Å². The Morgan fingerprint density at radius 3 is 2.95 bits per heavy atom. The summed E-state index contributed by atoms with van der Waals surface area (Å²) in [5.41, 5.74) is 0.309. The molecule has 20 heavy (non-hydrogen) atoms. The van der Waals surface area contributed by atoms with Gasteiger partial charge in [0, 0.05) is 18.8 Å². The Balaban J connectivity index is 1.84. The molecule has 0 bridgehead atoms. The first-order valence-corrected chi connectivity index (χ1v) is 6.46. The van der Waals surface area contributed by atoms with Crippen LogP contribution < -0.4 is 0 Å². The molecule has 3 rings (SSSR count). The van der Waals surface area contributed by atoms with Gasteiger partial charge in [-0.2, -0.15) is 0 Å². The lowest BCUT2D eigenvalue weighted by Gasteiger charge is -2.30. The Labute approximate surface area is 116 Å². The maximum absolute atomic E-state index is 11.1. The Bertz CT molecular complexity index is 522. The van der Waals surface area contributed by atoms with Crippen molar-refractivity contribution in [2.24, 2.45) is 0 Å². The molecule has 0 saturated carbocycles. The summed E-state index contributed by atoms with van der Waals surface area (Å²) >= 11 is 0. The number of hydrogen-bond donors (Lipinski definition) is 1. The highest BCUT2D eigenvalue weighted by atomic mass is 16.8. The van der Waals surface area contributed by atoms with E-state index in [1.54, 1.807) is 23.4 Å². The topological polar surface area (TPSA) is 68.2 Å². The highest BCUT2D eigenvalue weighted by Crippen LogP contribution is 2.41. The maximum atomic E-state index is 11.1. The van der Waals surface area contributed by atoms with Crippen molar-refractivity contribution < 1.29 is 24.1 Å². The Morgan fingerprint density at radius 1 is 1.50 bits per heavy atom. The highest BCUT2D eigenvalue weighted by molar-refractivity contribution is 5.87. The molecule has 0 aliphatic carbocycles. The monoisotopic (exact) mass is 279 g/mol. The van der Waals surface area contributed by atoms with Crippen molar-refractivity contribution in [3.8, 4) is 0 Å². The number of rotatable bonds is 2. The molecule has 3 aliphatic heterocycles. The van der Waals surface area contributed by atoms with Crippen LogP contribution in [0.4, 0.5) is 0 Å². The van der Waals surface area contributed by atoms with Gasteiger partial charge < -0.3 is 24.2 Å². The van der Waals surface area contributed by atoms with Crippen LogP contribution in [-0.2, 0) is 19.0 Å². The number of carboxylic acid groups (broad SMARTS) is 1. The van der Waals surface area contributed by atoms with Gasteiger partial charge in [-0.25, -0.2) is 4.79 Å². The van der Waals surface area contributed by atoms with Crippen LogP contribution in [0, 0.1) is 0 Å². The van der Waals surface area contributed by atoms with Gasteiger partial charge in [0.2, 0.25) is 6.23 Å². The van der Waals surface area contributed by atoms with Crippen molar-refractivity contribution in [2.45, 2.75) is 44.5 Å². The lowest BCUT2D eigenvalue weighted by Crippen LogP contribution is -2.39. The molecule has 2 saturated heterocycles. The van der Waals surface area contributed by atoms with Gasteiger partial charge in [0.1, 0.15) is 11.9 Å². The summed E-state index contributed by atoms with van der Waals surface area (Å²) in [6, 6.07) is 0. The smallest absolute Gasteiger partial charge is 0.333 e. The molecule has 3 aliphatic rings. The number of aliphatic carboxylic acids is 1. The molecule has 0 aromatic carbocycles. The van der Waals surface area contributed by atoms with Crippen molar-refractivity contribution in [1.82, 2.24) is 4.90 Å². The van der Waals surface area contributed by atoms with Gasteiger partial charge in [0.25, 0.3) is 0 Å². The standard InChI is InChI=1S/C14H17NO5/c1-8-10-11(20-14(2,3)19-10)12(18-8)15-6-4-5-9(7-15)13(16)17/h4,6-7,10-12H,1,5H2,2-3H3,(H,16,17)/t10-,11-,12-/m1/s1. The number of hydrogen-bond acceptors (Lipinski definition) is 5. The highest BCUT2D eigenvalue weighted by Gasteiger charge is 2.54. The lowest BCUT2D eigenvalue weighted by molar-refractivity contribution is -0.175. The number of carboxylic acids is 1. The van der Waals surface area contributed by atoms with E-state index in [9.17, 15) is 4.79 Å². The summed E-state index contributed by atoms with van der Waals surface area (Å²) < 4.78 is 17.3. The molecular weight excluding hydrogens is 262 g/mol. The van der Waals surface area contributed by atoms with Crippen LogP contribution in [0.5, 0.6) is 0 Å². The summed E-state index contributed by atoms with van der Waals surface area (Å²) in [5, 5.41) is 9.08. The van der Waals surface area contributed by atoms with Crippen molar-refractivity contribution in [3.63, 3.8) is 0 Å². The van der Waals surface area contributed by atoms with Crippen LogP contribution in [0.15, 0.2) is 36.4 Å². The second-order valence-corrected chi connectivity index (χ2v) is 5.49. The van der Waals surface area contributed by atoms with E-state index in [4.69, 9.17) is 19.3 Å². The average molecular weight is 279 g/mol. The molecule has 0 radical (unpaired) electrons. The molecular formula is C14H17NO5. The van der Waals surface area contributed by atoms with Gasteiger partial charge in [-0.3, -0.25) is 0 Å². The first-order valence-electron chi connectivity index (χ1n) is 6.46. The minimum Gasteiger partial charge on any atom is -0.478 e. The van der Waals surface area contributed by atoms with E-state index in [2.05, 4.69) is 6.58 Å². The van der Waals surface area contributed by atoms with Crippen LogP contribution in [0.1, 0.15) is 20.3 Å². The summed E-state index contributed by atoms with van der Waals surface area (Å²) in [6.07, 6.45) is 4.43. The summed E-state index contributed by atoms with van der Waals surface area (Å²) in [5.74, 6) is -1.12. The predicted octanol–water partition coefficient (Wildman–Crippen LogP) is 1.56. The van der Waals surface area contributed by atoms with Crippen molar-refractivity contribution in [3.05, 3.63) is 36.4 Å². The Kier molecular flexibility index (Phi) is 2.88. The van der Waals surface area contributed by atoms with Gasteiger partial charge in [0.05, 0.1) is 5.57 Å². The average Bonchev–Trinajstić information content (AvgIpc) is 2.85. The van der Waals surface area contributed by atoms with Gasteiger partial charge in [-0.15, -0.1) is 0 Å². The van der Waals surface area contributed by atoms with E-state index in [1.165, 1.54) is 0 Å². The number of nitrogens with zero attached hydrogens (tertiary/aromatic N) is 1. The number of fused-ring (bicyclic) bond motifs is 1. The molecule has 0 aromatic heterocycles. The number of ether oxygens (including phenoxy) is 3. The third-order valence-electron chi connectivity index (χ3n) is 3.49. The van der Waals surface area contributed by atoms with Gasteiger partial charge in [-0.1, -0.05) is 12.7 Å². The van der Waals surface area contributed by atoms with E-state index < -0.39 is 18.0 Å². The molecule has 0 amide bonds. The van der Waals surface area contributed by atoms with Crippen molar-refractivity contribution >= 4 is 5.97 Å². The first kappa shape index (κ1) is 13.2. The number of allylic oxidation sites excluding steroid dienone is 1. The van der Waals surface area contributed by atoms with E-state index >= 15 is 0 Å². The van der Waals surface area contributed by atoms with Crippen molar-refractivity contribution in [2.75, 3.05) is 0 Å². The molecule has 2 fully saturated rings. The van der Waals surface area contributed by atoms with E-state index in [1.807, 2.05) is 13.8 Å². The third kappa shape index (κ3) is 2.10. The molecule has 3 atom stereocenters. The SMILES string of the molecule is C=C1O[C@@H](N2C=CCC(C(=O)O)=C2)[C@@H]2OC(C)(C)O[C@H]12. The summed E-state index contributed by atoms with van der Waals surface area (Å²) in [7, 11) is 0. The fraction of sp³-hybridized carbons (Fsp3) is 0.500. The fourth-order valence-electron chi connectivity index (χ4n) is 2.64. The molecule has 1 N–H and O–H groups in total. The number of carbonyl (C=O) groups is 1. The van der Waals surface area contributed by atoms with Gasteiger partial charge in [0.15, 0.2) is 11.9 Å². The van der Waals surface area contributed by atoms with Crippen molar-refractivity contribution in [1.29, 1.82) is 0 Å². The molecule has 3 heterocycles. The predicted molar refractivity (Wildman–Crippen MR) is 69.2 cm³/mol.